The molecule has 0 bridgehead atoms. The number of nitrogens with zero attached hydrogens (tertiary/aromatic N) is 1. The van der Waals surface area contributed by atoms with E-state index >= 15 is 0 Å². The van der Waals surface area contributed by atoms with Gasteiger partial charge in [0.25, 0.3) is 5.91 Å². The fraction of sp³-hybridized carbons (Fsp3) is 0.211. The number of methoxy groups -OCH3 is 1. The molecule has 0 unspecified atom stereocenters. The number of hydrogen-bond acceptors (Lipinski definition) is 4. The number of amides is 4. The molecule has 3 rings (SSSR count). The number of ether oxygens (including phenoxy) is 1. The van der Waals surface area contributed by atoms with Crippen LogP contribution in [-0.2, 0) is 16.0 Å². The lowest BCUT2D eigenvalue weighted by molar-refractivity contribution is -0.130. The van der Waals surface area contributed by atoms with E-state index in [4.69, 9.17) is 16.3 Å². The van der Waals surface area contributed by atoms with Crippen LogP contribution in [0.4, 0.5) is 10.5 Å². The molecule has 1 saturated heterocycles. The molecule has 1 fully saturated rings. The maximum absolute atomic E-state index is 12.5. The van der Waals surface area contributed by atoms with Gasteiger partial charge >= 0.3 is 6.03 Å². The second kappa shape index (κ2) is 8.09. The zero-order valence-corrected chi connectivity index (χ0v) is 15.3. The lowest BCUT2D eigenvalue weighted by atomic mass is 10.1. The monoisotopic (exact) mass is 387 g/mol. The summed E-state index contributed by atoms with van der Waals surface area (Å²) in [7, 11) is 1.46. The molecule has 7 nitrogen and oxygen atoms in total. The van der Waals surface area contributed by atoms with Crippen molar-refractivity contribution in [2.45, 2.75) is 12.5 Å². The molecular weight excluding hydrogens is 370 g/mol. The molecule has 1 aliphatic heterocycles. The molecule has 0 spiro atoms. The van der Waals surface area contributed by atoms with Crippen LogP contribution in [0.3, 0.4) is 0 Å². The zero-order chi connectivity index (χ0) is 19.4. The Labute approximate surface area is 161 Å². The van der Waals surface area contributed by atoms with Crippen molar-refractivity contribution in [2.24, 2.45) is 0 Å². The van der Waals surface area contributed by atoms with E-state index in [1.807, 2.05) is 30.3 Å². The third-order valence-corrected chi connectivity index (χ3v) is 4.36. The average molecular weight is 388 g/mol. The Morgan fingerprint density at radius 2 is 1.96 bits per heavy atom. The molecule has 140 valence electrons. The summed E-state index contributed by atoms with van der Waals surface area (Å²) in [5.74, 6) is -0.539. The molecule has 0 saturated carbocycles. The van der Waals surface area contributed by atoms with Crippen molar-refractivity contribution in [3.8, 4) is 5.75 Å². The van der Waals surface area contributed by atoms with Crippen molar-refractivity contribution in [3.05, 3.63) is 59.1 Å². The van der Waals surface area contributed by atoms with Crippen molar-refractivity contribution >= 4 is 35.1 Å². The van der Waals surface area contributed by atoms with E-state index < -0.39 is 30.4 Å². The van der Waals surface area contributed by atoms with Crippen LogP contribution in [0.5, 0.6) is 5.75 Å². The molecule has 1 aliphatic rings. The van der Waals surface area contributed by atoms with Crippen LogP contribution in [0.2, 0.25) is 5.02 Å². The molecule has 0 radical (unpaired) electrons. The summed E-state index contributed by atoms with van der Waals surface area (Å²) in [5, 5.41) is 5.65. The van der Waals surface area contributed by atoms with Crippen LogP contribution in [0.1, 0.15) is 5.56 Å². The Kier molecular flexibility index (Phi) is 5.61. The minimum atomic E-state index is -0.687. The van der Waals surface area contributed by atoms with Gasteiger partial charge in [-0.2, -0.15) is 0 Å². The predicted molar refractivity (Wildman–Crippen MR) is 101 cm³/mol. The first-order valence-electron chi connectivity index (χ1n) is 8.27. The smallest absolute Gasteiger partial charge is 0.325 e. The summed E-state index contributed by atoms with van der Waals surface area (Å²) < 4.78 is 5.16. The molecule has 1 atom stereocenters. The molecule has 0 aliphatic carbocycles. The van der Waals surface area contributed by atoms with Gasteiger partial charge in [0.2, 0.25) is 5.91 Å². The highest BCUT2D eigenvalue weighted by Gasteiger charge is 2.38. The van der Waals surface area contributed by atoms with Gasteiger partial charge in [-0.1, -0.05) is 41.9 Å². The van der Waals surface area contributed by atoms with Crippen molar-refractivity contribution in [1.29, 1.82) is 0 Å². The SMILES string of the molecule is COc1ccc(Cl)cc1NC(=O)CN1C(=O)N[C@@H](Cc2ccccc2)C1=O. The minimum Gasteiger partial charge on any atom is -0.495 e. The summed E-state index contributed by atoms with van der Waals surface area (Å²) in [6.07, 6.45) is 0.367. The third kappa shape index (κ3) is 4.38. The molecule has 1 heterocycles. The van der Waals surface area contributed by atoms with E-state index in [0.29, 0.717) is 22.9 Å². The number of urea groups is 1. The van der Waals surface area contributed by atoms with Gasteiger partial charge in [-0.15, -0.1) is 0 Å². The van der Waals surface area contributed by atoms with E-state index in [2.05, 4.69) is 10.6 Å². The second-order valence-corrected chi connectivity index (χ2v) is 6.45. The number of benzene rings is 2. The standard InChI is InChI=1S/C19H18ClN3O4/c1-27-16-8-7-13(20)10-14(16)21-17(24)11-23-18(25)15(22-19(23)26)9-12-5-3-2-4-6-12/h2-8,10,15H,9,11H2,1H3,(H,21,24)(H,22,26)/t15-/m0/s1. The molecule has 0 aromatic heterocycles. The first kappa shape index (κ1) is 18.7. The first-order valence-corrected chi connectivity index (χ1v) is 8.65. The Morgan fingerprint density at radius 1 is 1.22 bits per heavy atom. The highest BCUT2D eigenvalue weighted by Crippen LogP contribution is 2.27. The molecule has 2 aromatic carbocycles. The molecule has 8 heteroatoms. The Hall–Kier alpha value is -3.06. The zero-order valence-electron chi connectivity index (χ0n) is 14.6. The summed E-state index contributed by atoms with van der Waals surface area (Å²) >= 11 is 5.93. The number of anilines is 1. The van der Waals surface area contributed by atoms with E-state index in [1.54, 1.807) is 12.1 Å². The van der Waals surface area contributed by atoms with Gasteiger partial charge in [0.1, 0.15) is 18.3 Å². The summed E-state index contributed by atoms with van der Waals surface area (Å²) in [6, 6.07) is 12.8. The number of hydrogen-bond donors (Lipinski definition) is 2. The van der Waals surface area contributed by atoms with Gasteiger partial charge in [0.15, 0.2) is 0 Å². The summed E-state index contributed by atoms with van der Waals surface area (Å²) in [5.41, 5.74) is 1.29. The summed E-state index contributed by atoms with van der Waals surface area (Å²) in [4.78, 5) is 37.8. The fourth-order valence-corrected chi connectivity index (χ4v) is 3.00. The lowest BCUT2D eigenvalue weighted by Gasteiger charge is -2.14. The molecule has 2 aromatic rings. The number of nitrogens with one attached hydrogen (secondary N) is 2. The maximum Gasteiger partial charge on any atom is 0.325 e. The van der Waals surface area contributed by atoms with Gasteiger partial charge in [-0.25, -0.2) is 4.79 Å². The predicted octanol–water partition coefficient (Wildman–Crippen LogP) is 2.45. The maximum atomic E-state index is 12.5. The van der Waals surface area contributed by atoms with E-state index in [0.717, 1.165) is 10.5 Å². The Balaban J connectivity index is 1.65. The normalized spacial score (nSPS) is 16.2. The molecule has 27 heavy (non-hydrogen) atoms. The topological polar surface area (TPSA) is 87.7 Å². The van der Waals surface area contributed by atoms with Gasteiger partial charge in [0.05, 0.1) is 12.8 Å². The van der Waals surface area contributed by atoms with Crippen LogP contribution in [-0.4, -0.2) is 42.4 Å². The molecular formula is C19H18ClN3O4. The van der Waals surface area contributed by atoms with Crippen LogP contribution >= 0.6 is 11.6 Å². The van der Waals surface area contributed by atoms with Gasteiger partial charge in [0, 0.05) is 11.4 Å². The Morgan fingerprint density at radius 3 is 2.67 bits per heavy atom. The quantitative estimate of drug-likeness (QED) is 0.745. The fourth-order valence-electron chi connectivity index (χ4n) is 2.83. The number of rotatable bonds is 6. The number of halogens is 1. The van der Waals surface area contributed by atoms with Crippen LogP contribution in [0, 0.1) is 0 Å². The first-order chi connectivity index (χ1) is 13.0. The van der Waals surface area contributed by atoms with Crippen LogP contribution in [0.25, 0.3) is 0 Å². The highest BCUT2D eigenvalue weighted by molar-refractivity contribution is 6.31. The highest BCUT2D eigenvalue weighted by atomic mass is 35.5. The Bertz CT molecular complexity index is 873. The largest absolute Gasteiger partial charge is 0.495 e. The lowest BCUT2D eigenvalue weighted by Crippen LogP contribution is -2.38. The van der Waals surface area contributed by atoms with Crippen molar-refractivity contribution in [2.75, 3.05) is 19.0 Å². The third-order valence-electron chi connectivity index (χ3n) is 4.13. The van der Waals surface area contributed by atoms with Crippen LogP contribution in [0.15, 0.2) is 48.5 Å². The molecule has 4 amide bonds. The number of imide groups is 1. The van der Waals surface area contributed by atoms with Crippen LogP contribution < -0.4 is 15.4 Å². The van der Waals surface area contributed by atoms with Crippen molar-refractivity contribution < 1.29 is 19.1 Å². The van der Waals surface area contributed by atoms with Gasteiger partial charge in [-0.3, -0.25) is 14.5 Å². The minimum absolute atomic E-state index is 0.364. The summed E-state index contributed by atoms with van der Waals surface area (Å²) in [6.45, 7) is -0.397. The number of carbonyl (C=O) groups is 3. The second-order valence-electron chi connectivity index (χ2n) is 6.01. The van der Waals surface area contributed by atoms with Gasteiger partial charge in [-0.05, 0) is 23.8 Å². The van der Waals surface area contributed by atoms with Crippen molar-refractivity contribution in [3.63, 3.8) is 0 Å². The van der Waals surface area contributed by atoms with Gasteiger partial charge < -0.3 is 15.4 Å². The average Bonchev–Trinajstić information content (AvgIpc) is 2.90. The van der Waals surface area contributed by atoms with Crippen molar-refractivity contribution in [1.82, 2.24) is 10.2 Å². The molecule has 2 N–H and O–H groups in total. The van der Waals surface area contributed by atoms with E-state index in [-0.39, 0.29) is 0 Å². The number of carbonyl (C=O) groups excluding carboxylic acids is 3. The van der Waals surface area contributed by atoms with E-state index in [1.165, 1.54) is 13.2 Å². The van der Waals surface area contributed by atoms with E-state index in [9.17, 15) is 14.4 Å².